The Kier molecular flexibility index (Phi) is 6.33. The lowest BCUT2D eigenvalue weighted by Crippen LogP contribution is -2.24. The SMILES string of the molecule is CC(=O)c1cccc(N/C=C(/C#N)C(=O)NCc2ccccc2Cl)c1. The summed E-state index contributed by atoms with van der Waals surface area (Å²) in [4.78, 5) is 23.5. The van der Waals surface area contributed by atoms with Crippen LogP contribution in [0.25, 0.3) is 0 Å². The summed E-state index contributed by atoms with van der Waals surface area (Å²) in [6, 6.07) is 15.8. The van der Waals surface area contributed by atoms with Gasteiger partial charge in [-0.3, -0.25) is 9.59 Å². The second-order valence-electron chi connectivity index (χ2n) is 5.23. The molecule has 0 heterocycles. The van der Waals surface area contributed by atoms with Crippen molar-refractivity contribution in [2.45, 2.75) is 13.5 Å². The van der Waals surface area contributed by atoms with Crippen LogP contribution in [0.15, 0.2) is 60.3 Å². The third kappa shape index (κ3) is 5.20. The topological polar surface area (TPSA) is 82.0 Å². The van der Waals surface area contributed by atoms with E-state index < -0.39 is 5.91 Å². The number of carbonyl (C=O) groups is 2. The largest absolute Gasteiger partial charge is 0.360 e. The lowest BCUT2D eigenvalue weighted by Gasteiger charge is -2.07. The molecule has 0 aliphatic carbocycles. The highest BCUT2D eigenvalue weighted by Gasteiger charge is 2.09. The van der Waals surface area contributed by atoms with E-state index in [1.165, 1.54) is 13.1 Å². The maximum absolute atomic E-state index is 12.1. The van der Waals surface area contributed by atoms with Crippen molar-refractivity contribution in [3.63, 3.8) is 0 Å². The second-order valence-corrected chi connectivity index (χ2v) is 5.63. The first kappa shape index (κ1) is 18.2. The lowest BCUT2D eigenvalue weighted by atomic mass is 10.1. The summed E-state index contributed by atoms with van der Waals surface area (Å²) in [6.07, 6.45) is 1.31. The zero-order chi connectivity index (χ0) is 18.2. The van der Waals surface area contributed by atoms with Gasteiger partial charge in [0.15, 0.2) is 5.78 Å². The molecule has 5 nitrogen and oxygen atoms in total. The van der Waals surface area contributed by atoms with E-state index in [0.717, 1.165) is 5.56 Å². The summed E-state index contributed by atoms with van der Waals surface area (Å²) >= 11 is 6.03. The van der Waals surface area contributed by atoms with Crippen LogP contribution in [0.5, 0.6) is 0 Å². The second kappa shape index (κ2) is 8.67. The minimum absolute atomic E-state index is 0.0642. The Balaban J connectivity index is 2.03. The van der Waals surface area contributed by atoms with Gasteiger partial charge in [-0.2, -0.15) is 5.26 Å². The zero-order valence-electron chi connectivity index (χ0n) is 13.5. The Morgan fingerprint density at radius 3 is 2.64 bits per heavy atom. The highest BCUT2D eigenvalue weighted by molar-refractivity contribution is 6.31. The maximum atomic E-state index is 12.1. The fourth-order valence-corrected chi connectivity index (χ4v) is 2.25. The van der Waals surface area contributed by atoms with Crippen molar-refractivity contribution in [2.24, 2.45) is 0 Å². The lowest BCUT2D eigenvalue weighted by molar-refractivity contribution is -0.117. The number of amides is 1. The van der Waals surface area contributed by atoms with E-state index in [9.17, 15) is 9.59 Å². The molecule has 0 bridgehead atoms. The molecule has 0 unspecified atom stereocenters. The average Bonchev–Trinajstić information content (AvgIpc) is 2.61. The molecule has 2 N–H and O–H groups in total. The Hall–Kier alpha value is -3.10. The molecule has 0 aliphatic rings. The van der Waals surface area contributed by atoms with Gasteiger partial charge in [-0.25, -0.2) is 0 Å². The first-order valence-electron chi connectivity index (χ1n) is 7.50. The quantitative estimate of drug-likeness (QED) is 0.471. The number of benzene rings is 2. The van der Waals surface area contributed by atoms with E-state index in [4.69, 9.17) is 16.9 Å². The molecule has 0 fully saturated rings. The van der Waals surface area contributed by atoms with Gasteiger partial charge in [0.25, 0.3) is 5.91 Å². The summed E-state index contributed by atoms with van der Waals surface area (Å²) in [5.41, 5.74) is 1.83. The molecule has 1 amide bonds. The predicted molar refractivity (Wildman–Crippen MR) is 97.1 cm³/mol. The Morgan fingerprint density at radius 1 is 1.20 bits per heavy atom. The molecule has 6 heteroatoms. The van der Waals surface area contributed by atoms with Crippen LogP contribution < -0.4 is 10.6 Å². The number of Topliss-reactive ketones (excluding diaryl/α,β-unsaturated/α-hetero) is 1. The Morgan fingerprint density at radius 2 is 1.96 bits per heavy atom. The van der Waals surface area contributed by atoms with Crippen molar-refractivity contribution in [1.29, 1.82) is 5.26 Å². The summed E-state index contributed by atoms with van der Waals surface area (Å²) in [6.45, 7) is 1.69. The van der Waals surface area contributed by atoms with Crippen molar-refractivity contribution >= 4 is 29.0 Å². The number of anilines is 1. The third-order valence-corrected chi connectivity index (χ3v) is 3.78. The van der Waals surface area contributed by atoms with Crippen LogP contribution in [-0.4, -0.2) is 11.7 Å². The van der Waals surface area contributed by atoms with Crippen molar-refractivity contribution in [3.8, 4) is 6.07 Å². The van der Waals surface area contributed by atoms with Crippen LogP contribution in [-0.2, 0) is 11.3 Å². The molecule has 25 heavy (non-hydrogen) atoms. The van der Waals surface area contributed by atoms with Crippen LogP contribution in [0, 0.1) is 11.3 Å². The van der Waals surface area contributed by atoms with Crippen molar-refractivity contribution in [2.75, 3.05) is 5.32 Å². The molecule has 0 atom stereocenters. The summed E-state index contributed by atoms with van der Waals surface area (Å²) in [7, 11) is 0. The predicted octanol–water partition coefficient (Wildman–Crippen LogP) is 3.68. The van der Waals surface area contributed by atoms with Gasteiger partial charge in [-0.15, -0.1) is 0 Å². The van der Waals surface area contributed by atoms with E-state index in [1.807, 2.05) is 12.1 Å². The van der Waals surface area contributed by atoms with Crippen molar-refractivity contribution in [3.05, 3.63) is 76.5 Å². The Bertz CT molecular complexity index is 869. The molecule has 126 valence electrons. The standard InChI is InChI=1S/C19H16ClN3O2/c1-13(24)14-6-4-7-17(9-14)22-12-16(10-21)19(25)23-11-15-5-2-3-8-18(15)20/h2-9,12,22H,11H2,1H3,(H,23,25)/b16-12-. The highest BCUT2D eigenvalue weighted by atomic mass is 35.5. The minimum Gasteiger partial charge on any atom is -0.360 e. The summed E-state index contributed by atoms with van der Waals surface area (Å²) in [5, 5.41) is 15.2. The van der Waals surface area contributed by atoms with E-state index in [1.54, 1.807) is 42.5 Å². The van der Waals surface area contributed by atoms with E-state index in [-0.39, 0.29) is 17.9 Å². The molecular weight excluding hydrogens is 338 g/mol. The molecule has 0 saturated carbocycles. The number of nitrogens with zero attached hydrogens (tertiary/aromatic N) is 1. The van der Waals surface area contributed by atoms with Crippen molar-refractivity contribution in [1.82, 2.24) is 5.32 Å². The normalized spacial score (nSPS) is 10.7. The van der Waals surface area contributed by atoms with Crippen LogP contribution in [0.2, 0.25) is 5.02 Å². The molecule has 0 aliphatic heterocycles. The van der Waals surface area contributed by atoms with Gasteiger partial charge in [0.2, 0.25) is 0 Å². The maximum Gasteiger partial charge on any atom is 0.263 e. The van der Waals surface area contributed by atoms with Gasteiger partial charge in [0.1, 0.15) is 11.6 Å². The van der Waals surface area contributed by atoms with E-state index in [2.05, 4.69) is 10.6 Å². The molecule has 0 aromatic heterocycles. The fraction of sp³-hybridized carbons (Fsp3) is 0.105. The first-order valence-corrected chi connectivity index (χ1v) is 7.88. The molecule has 2 aromatic rings. The third-order valence-electron chi connectivity index (χ3n) is 3.41. The van der Waals surface area contributed by atoms with Crippen LogP contribution in [0.1, 0.15) is 22.8 Å². The zero-order valence-corrected chi connectivity index (χ0v) is 14.3. The molecule has 0 radical (unpaired) electrons. The smallest absolute Gasteiger partial charge is 0.263 e. The van der Waals surface area contributed by atoms with Gasteiger partial charge >= 0.3 is 0 Å². The van der Waals surface area contributed by atoms with Crippen LogP contribution in [0.3, 0.4) is 0 Å². The number of hydrogen-bond donors (Lipinski definition) is 2. The average molecular weight is 354 g/mol. The number of hydrogen-bond acceptors (Lipinski definition) is 4. The van der Waals surface area contributed by atoms with Crippen LogP contribution >= 0.6 is 11.6 Å². The van der Waals surface area contributed by atoms with Crippen LogP contribution in [0.4, 0.5) is 5.69 Å². The number of carbonyl (C=O) groups excluding carboxylic acids is 2. The Labute approximate surface area is 150 Å². The number of ketones is 1. The molecule has 0 spiro atoms. The number of nitriles is 1. The van der Waals surface area contributed by atoms with Crippen molar-refractivity contribution < 1.29 is 9.59 Å². The first-order chi connectivity index (χ1) is 12.0. The van der Waals surface area contributed by atoms with Gasteiger partial charge < -0.3 is 10.6 Å². The number of nitrogens with one attached hydrogen (secondary N) is 2. The molecule has 2 aromatic carbocycles. The van der Waals surface area contributed by atoms with Gasteiger partial charge in [-0.05, 0) is 30.7 Å². The van der Waals surface area contributed by atoms with E-state index >= 15 is 0 Å². The van der Waals surface area contributed by atoms with E-state index in [0.29, 0.717) is 16.3 Å². The van der Waals surface area contributed by atoms with Gasteiger partial charge in [0, 0.05) is 29.0 Å². The number of halogens is 1. The summed E-state index contributed by atoms with van der Waals surface area (Å²) in [5.74, 6) is -0.580. The minimum atomic E-state index is -0.516. The van der Waals surface area contributed by atoms with Gasteiger partial charge in [-0.1, -0.05) is 41.9 Å². The molecular formula is C19H16ClN3O2. The van der Waals surface area contributed by atoms with Gasteiger partial charge in [0.05, 0.1) is 0 Å². The summed E-state index contributed by atoms with van der Waals surface area (Å²) < 4.78 is 0. The highest BCUT2D eigenvalue weighted by Crippen LogP contribution is 2.15. The monoisotopic (exact) mass is 353 g/mol. The fourth-order valence-electron chi connectivity index (χ4n) is 2.04. The number of rotatable bonds is 6. The molecule has 2 rings (SSSR count). The molecule has 0 saturated heterocycles.